The smallest absolute Gasteiger partial charge is 0.243 e. The molecule has 0 radical (unpaired) electrons. The molecular formula is C15H24N2O. The Hall–Kier alpha value is -1.04. The van der Waals surface area contributed by atoms with E-state index in [1.807, 2.05) is 4.90 Å². The highest BCUT2D eigenvalue weighted by atomic mass is 16.2. The average Bonchev–Trinajstić information content (AvgIpc) is 2.75. The molecule has 0 spiro atoms. The lowest BCUT2D eigenvalue weighted by Crippen LogP contribution is -2.42. The van der Waals surface area contributed by atoms with Gasteiger partial charge in [0, 0.05) is 13.1 Å². The first-order chi connectivity index (χ1) is 8.49. The minimum atomic E-state index is -0.686. The summed E-state index contributed by atoms with van der Waals surface area (Å²) in [5.41, 5.74) is -0.348. The molecule has 1 saturated carbocycles. The first-order valence-corrected chi connectivity index (χ1v) is 7.20. The van der Waals surface area contributed by atoms with Gasteiger partial charge in [-0.1, -0.05) is 26.7 Å². The number of hydrogen-bond donors (Lipinski definition) is 0. The zero-order valence-corrected chi connectivity index (χ0v) is 11.7. The fraction of sp³-hybridized carbons (Fsp3) is 0.867. The molecule has 3 heteroatoms. The molecule has 0 bridgehead atoms. The van der Waals surface area contributed by atoms with Crippen molar-refractivity contribution < 1.29 is 4.79 Å². The second-order valence-corrected chi connectivity index (χ2v) is 6.71. The van der Waals surface area contributed by atoms with Crippen LogP contribution in [-0.2, 0) is 4.79 Å². The van der Waals surface area contributed by atoms with Crippen LogP contribution in [0.2, 0.25) is 0 Å². The lowest BCUT2D eigenvalue weighted by molar-refractivity contribution is -0.138. The van der Waals surface area contributed by atoms with E-state index in [0.717, 1.165) is 51.6 Å². The first kappa shape index (κ1) is 13.4. The number of nitriles is 1. The molecule has 18 heavy (non-hydrogen) atoms. The summed E-state index contributed by atoms with van der Waals surface area (Å²) in [6, 6.07) is 2.32. The zero-order valence-electron chi connectivity index (χ0n) is 11.7. The van der Waals surface area contributed by atoms with E-state index in [4.69, 9.17) is 0 Å². The summed E-state index contributed by atoms with van der Waals surface area (Å²) in [7, 11) is 0. The van der Waals surface area contributed by atoms with Crippen molar-refractivity contribution in [3.63, 3.8) is 0 Å². The second-order valence-electron chi connectivity index (χ2n) is 6.71. The van der Waals surface area contributed by atoms with Crippen molar-refractivity contribution in [1.29, 1.82) is 5.26 Å². The Labute approximate surface area is 110 Å². The maximum atomic E-state index is 12.6. The standard InChI is InChI=1S/C15H24N2O/c1-14(2)6-5-10-17(11-9-14)13(18)15(12-16)7-3-4-8-15/h3-11H2,1-2H3. The SMILES string of the molecule is CC1(C)CCCN(C(=O)C2(C#N)CCCC2)CC1. The molecule has 0 atom stereocenters. The Bertz CT molecular complexity index is 361. The molecule has 2 aliphatic rings. The largest absolute Gasteiger partial charge is 0.341 e. The second kappa shape index (κ2) is 4.91. The van der Waals surface area contributed by atoms with Crippen LogP contribution in [0.25, 0.3) is 0 Å². The Kier molecular flexibility index (Phi) is 3.66. The molecule has 3 nitrogen and oxygen atoms in total. The fourth-order valence-corrected chi connectivity index (χ4v) is 3.28. The van der Waals surface area contributed by atoms with E-state index in [-0.39, 0.29) is 5.91 Å². The van der Waals surface area contributed by atoms with E-state index in [1.165, 1.54) is 6.42 Å². The number of amides is 1. The molecule has 2 rings (SSSR count). The van der Waals surface area contributed by atoms with Crippen LogP contribution < -0.4 is 0 Å². The van der Waals surface area contributed by atoms with Crippen molar-refractivity contribution >= 4 is 5.91 Å². The molecule has 1 amide bonds. The molecule has 2 fully saturated rings. The Morgan fingerprint density at radius 2 is 1.72 bits per heavy atom. The summed E-state index contributed by atoms with van der Waals surface area (Å²) < 4.78 is 0. The predicted octanol–water partition coefficient (Wildman–Crippen LogP) is 3.11. The van der Waals surface area contributed by atoms with Gasteiger partial charge in [0.1, 0.15) is 5.41 Å². The van der Waals surface area contributed by atoms with Gasteiger partial charge in [0.25, 0.3) is 0 Å². The molecule has 0 aromatic heterocycles. The first-order valence-electron chi connectivity index (χ1n) is 7.20. The highest BCUT2D eigenvalue weighted by Crippen LogP contribution is 2.40. The Morgan fingerprint density at radius 1 is 1.06 bits per heavy atom. The van der Waals surface area contributed by atoms with Gasteiger partial charge in [-0.15, -0.1) is 0 Å². The molecular weight excluding hydrogens is 224 g/mol. The average molecular weight is 248 g/mol. The van der Waals surface area contributed by atoms with Gasteiger partial charge in [-0.05, 0) is 37.5 Å². The fourth-order valence-electron chi connectivity index (χ4n) is 3.28. The van der Waals surface area contributed by atoms with E-state index in [0.29, 0.717) is 5.41 Å². The van der Waals surface area contributed by atoms with Crippen molar-refractivity contribution in [3.8, 4) is 6.07 Å². The summed E-state index contributed by atoms with van der Waals surface area (Å²) in [5.74, 6) is 0.111. The van der Waals surface area contributed by atoms with Gasteiger partial charge >= 0.3 is 0 Å². The molecule has 1 heterocycles. The number of carbonyl (C=O) groups excluding carboxylic acids is 1. The van der Waals surface area contributed by atoms with E-state index in [1.54, 1.807) is 0 Å². The minimum absolute atomic E-state index is 0.111. The molecule has 1 aliphatic heterocycles. The van der Waals surface area contributed by atoms with Gasteiger partial charge in [-0.25, -0.2) is 0 Å². The van der Waals surface area contributed by atoms with Gasteiger partial charge < -0.3 is 4.90 Å². The lowest BCUT2D eigenvalue weighted by atomic mass is 9.85. The molecule has 100 valence electrons. The Balaban J connectivity index is 2.07. The van der Waals surface area contributed by atoms with Gasteiger partial charge in [0.05, 0.1) is 6.07 Å². The van der Waals surface area contributed by atoms with Crippen LogP contribution in [0.3, 0.4) is 0 Å². The summed E-state index contributed by atoms with van der Waals surface area (Å²) in [6.07, 6.45) is 6.89. The zero-order chi connectivity index (χ0) is 13.2. The van der Waals surface area contributed by atoms with E-state index in [9.17, 15) is 10.1 Å². The van der Waals surface area contributed by atoms with Crippen LogP contribution in [0.5, 0.6) is 0 Å². The number of nitrogens with zero attached hydrogens (tertiary/aromatic N) is 2. The van der Waals surface area contributed by atoms with Crippen LogP contribution in [0, 0.1) is 22.2 Å². The summed E-state index contributed by atoms with van der Waals surface area (Å²) in [4.78, 5) is 14.6. The van der Waals surface area contributed by atoms with Crippen LogP contribution in [0.1, 0.15) is 58.8 Å². The number of rotatable bonds is 1. The van der Waals surface area contributed by atoms with Crippen molar-refractivity contribution in [2.75, 3.05) is 13.1 Å². The molecule has 1 saturated heterocycles. The maximum absolute atomic E-state index is 12.6. The van der Waals surface area contributed by atoms with Crippen molar-refractivity contribution in [1.82, 2.24) is 4.90 Å². The van der Waals surface area contributed by atoms with Crippen LogP contribution >= 0.6 is 0 Å². The van der Waals surface area contributed by atoms with E-state index < -0.39 is 5.41 Å². The van der Waals surface area contributed by atoms with E-state index >= 15 is 0 Å². The predicted molar refractivity (Wildman–Crippen MR) is 70.7 cm³/mol. The van der Waals surface area contributed by atoms with Crippen LogP contribution in [0.15, 0.2) is 0 Å². The lowest BCUT2D eigenvalue weighted by Gasteiger charge is -2.29. The normalized spacial score (nSPS) is 26.4. The third kappa shape index (κ3) is 2.53. The van der Waals surface area contributed by atoms with Gasteiger partial charge in [-0.3, -0.25) is 4.79 Å². The monoisotopic (exact) mass is 248 g/mol. The molecule has 0 unspecified atom stereocenters. The third-order valence-corrected chi connectivity index (χ3v) is 4.71. The van der Waals surface area contributed by atoms with Crippen LogP contribution in [-0.4, -0.2) is 23.9 Å². The molecule has 0 aromatic carbocycles. The van der Waals surface area contributed by atoms with Crippen molar-refractivity contribution in [2.24, 2.45) is 10.8 Å². The summed E-state index contributed by atoms with van der Waals surface area (Å²) >= 11 is 0. The highest BCUT2D eigenvalue weighted by molar-refractivity contribution is 5.85. The maximum Gasteiger partial charge on any atom is 0.243 e. The minimum Gasteiger partial charge on any atom is -0.341 e. The molecule has 0 N–H and O–H groups in total. The summed E-state index contributed by atoms with van der Waals surface area (Å²) in [6.45, 7) is 6.22. The van der Waals surface area contributed by atoms with Crippen molar-refractivity contribution in [3.05, 3.63) is 0 Å². The van der Waals surface area contributed by atoms with Crippen LogP contribution in [0.4, 0.5) is 0 Å². The van der Waals surface area contributed by atoms with E-state index in [2.05, 4.69) is 19.9 Å². The highest BCUT2D eigenvalue weighted by Gasteiger charge is 2.44. The number of likely N-dealkylation sites (tertiary alicyclic amines) is 1. The van der Waals surface area contributed by atoms with Gasteiger partial charge in [0.15, 0.2) is 0 Å². The van der Waals surface area contributed by atoms with Gasteiger partial charge in [-0.2, -0.15) is 5.26 Å². The summed E-state index contributed by atoms with van der Waals surface area (Å²) in [5, 5.41) is 9.39. The topological polar surface area (TPSA) is 44.1 Å². The van der Waals surface area contributed by atoms with Crippen molar-refractivity contribution in [2.45, 2.75) is 58.8 Å². The number of hydrogen-bond acceptors (Lipinski definition) is 2. The number of carbonyl (C=O) groups is 1. The quantitative estimate of drug-likeness (QED) is 0.715. The van der Waals surface area contributed by atoms with Gasteiger partial charge in [0.2, 0.25) is 5.91 Å². The Morgan fingerprint density at radius 3 is 2.33 bits per heavy atom. The molecule has 1 aliphatic carbocycles. The third-order valence-electron chi connectivity index (χ3n) is 4.71. The molecule has 0 aromatic rings.